The molecule has 0 aliphatic carbocycles. The molecule has 11 heteroatoms. The van der Waals surface area contributed by atoms with Crippen molar-refractivity contribution in [2.75, 3.05) is 25.2 Å². The number of methoxy groups -OCH3 is 1. The second kappa shape index (κ2) is 9.47. The van der Waals surface area contributed by atoms with Crippen LogP contribution in [-0.2, 0) is 11.3 Å². The number of carbonyl (C=O) groups is 1. The average molecular weight is 470 g/mol. The van der Waals surface area contributed by atoms with Crippen LogP contribution in [0.4, 0.5) is 5.82 Å². The Hall–Kier alpha value is -3.28. The maximum Gasteiger partial charge on any atom is 0.330 e. The summed E-state index contributed by atoms with van der Waals surface area (Å²) in [4.78, 5) is 49.8. The molecule has 0 radical (unpaired) electrons. The topological polar surface area (TPSA) is 133 Å². The molecule has 9 nitrogen and oxygen atoms in total. The normalized spacial score (nSPS) is 11.2. The van der Waals surface area contributed by atoms with Gasteiger partial charge in [0.25, 0.3) is 5.56 Å². The number of thiophene rings is 1. The number of H-pyrrole nitrogens is 1. The van der Waals surface area contributed by atoms with Crippen LogP contribution in [0.5, 0.6) is 0 Å². The number of nitrogens with two attached hydrogens (primary N) is 1. The van der Waals surface area contributed by atoms with E-state index in [1.54, 1.807) is 0 Å². The third kappa shape index (κ3) is 4.35. The summed E-state index contributed by atoms with van der Waals surface area (Å²) in [5.74, 6) is -0.736. The minimum atomic E-state index is -0.804. The van der Waals surface area contributed by atoms with E-state index in [2.05, 4.69) is 15.0 Å². The van der Waals surface area contributed by atoms with Gasteiger partial charge < -0.3 is 10.5 Å². The number of hydrogen-bond donors (Lipinski definition) is 2. The number of fused-ring (bicyclic) bond motifs is 1. The van der Waals surface area contributed by atoms with Gasteiger partial charge in [0, 0.05) is 17.4 Å². The maximum absolute atomic E-state index is 12.9. The van der Waals surface area contributed by atoms with Gasteiger partial charge in [0.05, 0.1) is 18.9 Å². The van der Waals surface area contributed by atoms with Crippen molar-refractivity contribution in [2.24, 2.45) is 0 Å². The number of aromatic nitrogens is 4. The standard InChI is InChI=1S/C21H19N5O4S2/c1-30-8-7-26-17(22)16(18(28)25-21(26)29)14(27)10-31-19-13-9-15(12-5-3-2-4-6-12)32-20(13)24-11-23-19/h2-6,9,11H,7-8,10,22H2,1H3,(H,25,28,29). The zero-order chi connectivity index (χ0) is 22.7. The van der Waals surface area contributed by atoms with Gasteiger partial charge in [-0.3, -0.25) is 19.1 Å². The number of rotatable bonds is 8. The number of ketones is 1. The van der Waals surface area contributed by atoms with Crippen molar-refractivity contribution in [2.45, 2.75) is 11.6 Å². The summed E-state index contributed by atoms with van der Waals surface area (Å²) in [6.45, 7) is 0.328. The van der Waals surface area contributed by atoms with E-state index in [1.165, 1.54) is 36.5 Å². The van der Waals surface area contributed by atoms with Gasteiger partial charge in [0.1, 0.15) is 27.6 Å². The Morgan fingerprint density at radius 1 is 1.25 bits per heavy atom. The summed E-state index contributed by atoms with van der Waals surface area (Å²) in [6, 6.07) is 11.9. The summed E-state index contributed by atoms with van der Waals surface area (Å²) in [6.07, 6.45) is 1.45. The van der Waals surface area contributed by atoms with Crippen molar-refractivity contribution < 1.29 is 9.53 Å². The molecule has 32 heavy (non-hydrogen) atoms. The van der Waals surface area contributed by atoms with Crippen LogP contribution in [-0.4, -0.2) is 44.8 Å². The molecule has 4 aromatic rings. The molecule has 0 saturated carbocycles. The Morgan fingerprint density at radius 3 is 2.78 bits per heavy atom. The number of hydrogen-bond acceptors (Lipinski definition) is 9. The molecule has 0 bridgehead atoms. The highest BCUT2D eigenvalue weighted by Gasteiger charge is 2.20. The summed E-state index contributed by atoms with van der Waals surface area (Å²) in [5.41, 5.74) is 5.33. The first kappa shape index (κ1) is 21.9. The van der Waals surface area contributed by atoms with E-state index in [1.807, 2.05) is 36.4 Å². The van der Waals surface area contributed by atoms with Crippen LogP contribution in [0, 0.1) is 0 Å². The van der Waals surface area contributed by atoms with Crippen molar-refractivity contribution in [3.63, 3.8) is 0 Å². The van der Waals surface area contributed by atoms with Crippen LogP contribution < -0.4 is 17.0 Å². The van der Waals surface area contributed by atoms with Crippen molar-refractivity contribution >= 4 is 44.9 Å². The molecule has 1 aromatic carbocycles. The first-order valence-electron chi connectivity index (χ1n) is 9.57. The smallest absolute Gasteiger partial charge is 0.330 e. The quantitative estimate of drug-likeness (QED) is 0.228. The SMILES string of the molecule is COCCn1c(N)c(C(=O)CSc2ncnc3sc(-c4ccccc4)cc23)c(=O)[nH]c1=O. The van der Waals surface area contributed by atoms with Crippen molar-refractivity contribution in [3.05, 3.63) is 69.1 Å². The number of aromatic amines is 1. The van der Waals surface area contributed by atoms with E-state index in [9.17, 15) is 14.4 Å². The molecule has 0 spiro atoms. The van der Waals surface area contributed by atoms with E-state index in [0.29, 0.717) is 5.03 Å². The molecule has 0 fully saturated rings. The number of anilines is 1. The van der Waals surface area contributed by atoms with E-state index >= 15 is 0 Å². The molecule has 0 aliphatic rings. The largest absolute Gasteiger partial charge is 0.384 e. The zero-order valence-electron chi connectivity index (χ0n) is 17.0. The van der Waals surface area contributed by atoms with Crippen LogP contribution in [0.1, 0.15) is 10.4 Å². The summed E-state index contributed by atoms with van der Waals surface area (Å²) >= 11 is 2.73. The van der Waals surface area contributed by atoms with Crippen molar-refractivity contribution in [1.29, 1.82) is 0 Å². The second-order valence-corrected chi connectivity index (χ2v) is 8.74. The van der Waals surface area contributed by atoms with Gasteiger partial charge in [-0.1, -0.05) is 42.1 Å². The number of thioether (sulfide) groups is 1. The Morgan fingerprint density at radius 2 is 2.03 bits per heavy atom. The van der Waals surface area contributed by atoms with Crippen LogP contribution in [0.2, 0.25) is 0 Å². The molecule has 3 N–H and O–H groups in total. The Kier molecular flexibility index (Phi) is 6.49. The fourth-order valence-corrected chi connectivity index (χ4v) is 5.08. The maximum atomic E-state index is 12.9. The number of Topliss-reactive ketones (excluding diaryl/α,β-unsaturated/α-hetero) is 1. The fraction of sp³-hybridized carbons (Fsp3) is 0.190. The lowest BCUT2D eigenvalue weighted by Crippen LogP contribution is -2.37. The number of nitrogen functional groups attached to an aromatic ring is 1. The van der Waals surface area contributed by atoms with E-state index < -0.39 is 17.0 Å². The molecule has 0 unspecified atom stereocenters. The van der Waals surface area contributed by atoms with Gasteiger partial charge in [0.15, 0.2) is 5.78 Å². The molecule has 3 aromatic heterocycles. The molecule has 0 aliphatic heterocycles. The van der Waals surface area contributed by atoms with Crippen LogP contribution in [0.15, 0.2) is 57.3 Å². The van der Waals surface area contributed by atoms with Crippen molar-refractivity contribution in [3.8, 4) is 10.4 Å². The first-order valence-corrected chi connectivity index (χ1v) is 11.4. The molecule has 0 amide bonds. The van der Waals surface area contributed by atoms with Crippen LogP contribution in [0.25, 0.3) is 20.7 Å². The highest BCUT2D eigenvalue weighted by molar-refractivity contribution is 8.00. The minimum Gasteiger partial charge on any atom is -0.384 e. The number of ether oxygens (including phenoxy) is 1. The molecule has 4 rings (SSSR count). The molecule has 3 heterocycles. The summed E-state index contributed by atoms with van der Waals surface area (Å²) in [5, 5.41) is 1.46. The number of carbonyl (C=O) groups excluding carboxylic acids is 1. The lowest BCUT2D eigenvalue weighted by molar-refractivity contribution is 0.102. The van der Waals surface area contributed by atoms with Gasteiger partial charge in [-0.15, -0.1) is 11.3 Å². The van der Waals surface area contributed by atoms with E-state index in [-0.39, 0.29) is 30.3 Å². The lowest BCUT2D eigenvalue weighted by Gasteiger charge is -2.11. The lowest BCUT2D eigenvalue weighted by atomic mass is 10.2. The first-order chi connectivity index (χ1) is 15.5. The van der Waals surface area contributed by atoms with Gasteiger partial charge in [0.2, 0.25) is 0 Å². The van der Waals surface area contributed by atoms with Crippen LogP contribution in [0.3, 0.4) is 0 Å². The molecule has 0 atom stereocenters. The molecule has 164 valence electrons. The van der Waals surface area contributed by atoms with Gasteiger partial charge >= 0.3 is 5.69 Å². The third-order valence-corrected chi connectivity index (χ3v) is 6.83. The minimum absolute atomic E-state index is 0.0710. The monoisotopic (exact) mass is 469 g/mol. The van der Waals surface area contributed by atoms with Gasteiger partial charge in [-0.05, 0) is 11.6 Å². The highest BCUT2D eigenvalue weighted by Crippen LogP contribution is 2.36. The van der Waals surface area contributed by atoms with E-state index in [4.69, 9.17) is 10.5 Å². The van der Waals surface area contributed by atoms with Gasteiger partial charge in [-0.25, -0.2) is 14.8 Å². The summed E-state index contributed by atoms with van der Waals surface area (Å²) < 4.78 is 6.08. The van der Waals surface area contributed by atoms with Crippen molar-refractivity contribution in [1.82, 2.24) is 19.5 Å². The Bertz CT molecular complexity index is 1400. The molecular weight excluding hydrogens is 450 g/mol. The Balaban J connectivity index is 1.60. The second-order valence-electron chi connectivity index (χ2n) is 6.75. The molecular formula is C21H19N5O4S2. The average Bonchev–Trinajstić information content (AvgIpc) is 3.23. The summed E-state index contributed by atoms with van der Waals surface area (Å²) in [7, 11) is 1.48. The van der Waals surface area contributed by atoms with Crippen LogP contribution >= 0.6 is 23.1 Å². The highest BCUT2D eigenvalue weighted by atomic mass is 32.2. The number of benzene rings is 1. The Labute approximate surface area is 190 Å². The van der Waals surface area contributed by atoms with Gasteiger partial charge in [-0.2, -0.15) is 0 Å². The third-order valence-electron chi connectivity index (χ3n) is 4.73. The zero-order valence-corrected chi connectivity index (χ0v) is 18.7. The number of nitrogens with one attached hydrogen (secondary N) is 1. The molecule has 0 saturated heterocycles. The predicted octanol–water partition coefficient (Wildman–Crippen LogP) is 2.41. The van der Waals surface area contributed by atoms with E-state index in [0.717, 1.165) is 25.2 Å². The fourth-order valence-electron chi connectivity index (χ4n) is 3.16. The predicted molar refractivity (Wildman–Crippen MR) is 126 cm³/mol. The number of nitrogens with zero attached hydrogens (tertiary/aromatic N) is 3.